The van der Waals surface area contributed by atoms with E-state index in [1.165, 1.54) is 23.9 Å². The van der Waals surface area contributed by atoms with E-state index >= 15 is 0 Å². The van der Waals surface area contributed by atoms with E-state index in [1.807, 2.05) is 6.92 Å². The van der Waals surface area contributed by atoms with Crippen LogP contribution in [0.2, 0.25) is 0 Å². The molecule has 8 heteroatoms. The van der Waals surface area contributed by atoms with Crippen LogP contribution < -0.4 is 16.6 Å². The summed E-state index contributed by atoms with van der Waals surface area (Å²) in [5.41, 5.74) is 2.74. The van der Waals surface area contributed by atoms with Crippen LogP contribution in [0.15, 0.2) is 23.1 Å². The number of hydrogen-bond acceptors (Lipinski definition) is 6. The Bertz CT molecular complexity index is 467. The molecule has 0 spiro atoms. The molecule has 104 valence electrons. The fourth-order valence-electron chi connectivity index (χ4n) is 1.32. The molecule has 1 aromatic carbocycles. The van der Waals surface area contributed by atoms with Gasteiger partial charge in [0.25, 0.3) is 5.69 Å². The number of nitrogens with two attached hydrogens (primary N) is 1. The zero-order valence-corrected chi connectivity index (χ0v) is 11.3. The van der Waals surface area contributed by atoms with Gasteiger partial charge in [0, 0.05) is 23.6 Å². The average molecular weight is 284 g/mol. The lowest BCUT2D eigenvalue weighted by Gasteiger charge is -2.06. The highest BCUT2D eigenvalue weighted by Crippen LogP contribution is 2.27. The Balaban J connectivity index is 2.69. The minimum Gasteiger partial charge on any atom is -0.355 e. The summed E-state index contributed by atoms with van der Waals surface area (Å²) in [5.74, 6) is 5.37. The van der Waals surface area contributed by atoms with E-state index in [4.69, 9.17) is 5.84 Å². The summed E-state index contributed by atoms with van der Waals surface area (Å²) in [6, 6.07) is 4.41. The maximum atomic E-state index is 11.4. The minimum absolute atomic E-state index is 0.0630. The molecule has 19 heavy (non-hydrogen) atoms. The van der Waals surface area contributed by atoms with Gasteiger partial charge in [0.05, 0.1) is 16.4 Å². The van der Waals surface area contributed by atoms with Crippen LogP contribution in [-0.2, 0) is 4.79 Å². The number of nitrogens with one attached hydrogen (secondary N) is 2. The van der Waals surface area contributed by atoms with Crippen molar-refractivity contribution in [2.45, 2.75) is 18.2 Å². The van der Waals surface area contributed by atoms with Gasteiger partial charge in [-0.2, -0.15) is 0 Å². The molecule has 0 saturated carbocycles. The summed E-state index contributed by atoms with van der Waals surface area (Å²) < 4.78 is 0. The highest BCUT2D eigenvalue weighted by atomic mass is 32.2. The second-order valence-electron chi connectivity index (χ2n) is 3.76. The maximum absolute atomic E-state index is 11.4. The summed E-state index contributed by atoms with van der Waals surface area (Å²) in [6.45, 7) is 2.59. The zero-order valence-electron chi connectivity index (χ0n) is 10.5. The summed E-state index contributed by atoms with van der Waals surface area (Å²) in [6.07, 6.45) is 0.870. The molecule has 1 aromatic rings. The highest BCUT2D eigenvalue weighted by molar-refractivity contribution is 8.00. The van der Waals surface area contributed by atoms with Gasteiger partial charge < -0.3 is 10.7 Å². The number of rotatable bonds is 7. The predicted octanol–water partition coefficient (Wildman–Crippen LogP) is 1.50. The molecule has 0 atom stereocenters. The molecule has 1 amide bonds. The zero-order chi connectivity index (χ0) is 14.3. The van der Waals surface area contributed by atoms with Crippen molar-refractivity contribution in [2.75, 3.05) is 17.7 Å². The number of nitrogen functional groups attached to an aromatic ring is 1. The van der Waals surface area contributed by atoms with Gasteiger partial charge in [-0.05, 0) is 12.5 Å². The third kappa shape index (κ3) is 5.14. The number of anilines is 1. The Kier molecular flexibility index (Phi) is 6.10. The van der Waals surface area contributed by atoms with Crippen LogP contribution in [0.5, 0.6) is 0 Å². The number of nitro benzene ring substituents is 1. The molecule has 7 nitrogen and oxygen atoms in total. The van der Waals surface area contributed by atoms with E-state index in [0.717, 1.165) is 6.42 Å². The van der Waals surface area contributed by atoms with Crippen molar-refractivity contribution in [3.63, 3.8) is 0 Å². The Morgan fingerprint density at radius 1 is 1.47 bits per heavy atom. The summed E-state index contributed by atoms with van der Waals surface area (Å²) in [7, 11) is 0. The van der Waals surface area contributed by atoms with Gasteiger partial charge in [-0.15, -0.1) is 11.8 Å². The van der Waals surface area contributed by atoms with Crippen molar-refractivity contribution in [1.29, 1.82) is 0 Å². The topological polar surface area (TPSA) is 110 Å². The van der Waals surface area contributed by atoms with Crippen molar-refractivity contribution >= 4 is 29.0 Å². The molecule has 0 unspecified atom stereocenters. The van der Waals surface area contributed by atoms with E-state index in [0.29, 0.717) is 17.1 Å². The lowest BCUT2D eigenvalue weighted by atomic mass is 10.3. The van der Waals surface area contributed by atoms with Crippen LogP contribution in [0.4, 0.5) is 11.4 Å². The lowest BCUT2D eigenvalue weighted by molar-refractivity contribution is -0.385. The van der Waals surface area contributed by atoms with E-state index in [1.54, 1.807) is 6.07 Å². The first-order chi connectivity index (χ1) is 9.06. The number of non-ortho nitro benzene ring substituents is 1. The van der Waals surface area contributed by atoms with Gasteiger partial charge in [-0.1, -0.05) is 6.92 Å². The molecule has 0 saturated heterocycles. The van der Waals surface area contributed by atoms with Gasteiger partial charge in [-0.25, -0.2) is 0 Å². The van der Waals surface area contributed by atoms with Crippen LogP contribution in [0.1, 0.15) is 13.3 Å². The minimum atomic E-state index is -0.498. The molecule has 0 aliphatic heterocycles. The Morgan fingerprint density at radius 2 is 2.21 bits per heavy atom. The van der Waals surface area contributed by atoms with Crippen LogP contribution in [-0.4, -0.2) is 23.1 Å². The number of benzene rings is 1. The third-order valence-electron chi connectivity index (χ3n) is 2.21. The number of thioether (sulfide) groups is 1. The van der Waals surface area contributed by atoms with Gasteiger partial charge >= 0.3 is 0 Å². The van der Waals surface area contributed by atoms with Gasteiger partial charge in [-0.3, -0.25) is 20.8 Å². The fraction of sp³-hybridized carbons (Fsp3) is 0.364. The van der Waals surface area contributed by atoms with Crippen LogP contribution >= 0.6 is 11.8 Å². The van der Waals surface area contributed by atoms with E-state index < -0.39 is 4.92 Å². The molecule has 4 N–H and O–H groups in total. The standard InChI is InChI=1S/C11H16N4O3S/c1-2-3-13-11(16)7-19-10-5-8(14-12)4-9(6-10)15(17)18/h4-6,14H,2-3,7,12H2,1H3,(H,13,16). The third-order valence-corrected chi connectivity index (χ3v) is 3.19. The molecule has 0 radical (unpaired) electrons. The van der Waals surface area contributed by atoms with Crippen molar-refractivity contribution in [3.8, 4) is 0 Å². The number of nitrogens with zero attached hydrogens (tertiary/aromatic N) is 1. The van der Waals surface area contributed by atoms with E-state index in [2.05, 4.69) is 10.7 Å². The molecule has 0 aromatic heterocycles. The number of amides is 1. The first-order valence-corrected chi connectivity index (χ1v) is 6.71. The van der Waals surface area contributed by atoms with Gasteiger partial charge in [0.2, 0.25) is 5.91 Å². The number of nitro groups is 1. The summed E-state index contributed by atoms with van der Waals surface area (Å²) in [4.78, 5) is 22.3. The second-order valence-corrected chi connectivity index (χ2v) is 4.80. The lowest BCUT2D eigenvalue weighted by Crippen LogP contribution is -2.25. The Morgan fingerprint density at radius 3 is 2.79 bits per heavy atom. The Labute approximate surface area is 115 Å². The van der Waals surface area contributed by atoms with Crippen molar-refractivity contribution < 1.29 is 9.72 Å². The highest BCUT2D eigenvalue weighted by Gasteiger charge is 2.11. The number of carbonyl (C=O) groups is 1. The van der Waals surface area contributed by atoms with Crippen molar-refractivity contribution in [2.24, 2.45) is 5.84 Å². The number of hydrogen-bond donors (Lipinski definition) is 3. The number of carbonyl (C=O) groups excluding carboxylic acids is 1. The molecule has 0 fully saturated rings. The summed E-state index contributed by atoms with van der Waals surface area (Å²) in [5, 5.41) is 13.5. The molecule has 0 aliphatic rings. The van der Waals surface area contributed by atoms with Gasteiger partial charge in [0.1, 0.15) is 0 Å². The average Bonchev–Trinajstić information content (AvgIpc) is 2.42. The van der Waals surface area contributed by atoms with Crippen LogP contribution in [0.3, 0.4) is 0 Å². The fourth-order valence-corrected chi connectivity index (χ4v) is 2.13. The SMILES string of the molecule is CCCNC(=O)CSc1cc(NN)cc([N+](=O)[O-])c1. The van der Waals surface area contributed by atoms with Gasteiger partial charge in [0.15, 0.2) is 0 Å². The van der Waals surface area contributed by atoms with Crippen LogP contribution in [0.25, 0.3) is 0 Å². The normalized spacial score (nSPS) is 10.0. The Hall–Kier alpha value is -1.80. The molecular formula is C11H16N4O3S. The molecule has 0 bridgehead atoms. The van der Waals surface area contributed by atoms with E-state index in [9.17, 15) is 14.9 Å². The quantitative estimate of drug-likeness (QED) is 0.303. The molecule has 0 aliphatic carbocycles. The van der Waals surface area contributed by atoms with E-state index in [-0.39, 0.29) is 17.3 Å². The molecular weight excluding hydrogens is 268 g/mol. The van der Waals surface area contributed by atoms with Crippen molar-refractivity contribution in [1.82, 2.24) is 5.32 Å². The van der Waals surface area contributed by atoms with Crippen LogP contribution in [0, 0.1) is 10.1 Å². The first kappa shape index (κ1) is 15.3. The monoisotopic (exact) mass is 284 g/mol. The summed E-state index contributed by atoms with van der Waals surface area (Å²) >= 11 is 1.23. The number of hydrazine groups is 1. The molecule has 0 heterocycles. The first-order valence-electron chi connectivity index (χ1n) is 5.72. The predicted molar refractivity (Wildman–Crippen MR) is 74.9 cm³/mol. The largest absolute Gasteiger partial charge is 0.355 e. The van der Waals surface area contributed by atoms with Crippen molar-refractivity contribution in [3.05, 3.63) is 28.3 Å². The smallest absolute Gasteiger partial charge is 0.272 e. The molecule has 1 rings (SSSR count). The maximum Gasteiger partial charge on any atom is 0.272 e. The second kappa shape index (κ2) is 7.59.